The summed E-state index contributed by atoms with van der Waals surface area (Å²) in [5, 5.41) is 3.10. The first kappa shape index (κ1) is 16.0. The van der Waals surface area contributed by atoms with Crippen molar-refractivity contribution in [2.45, 2.75) is 19.1 Å². The number of aryl methyl sites for hydroxylation is 1. The third-order valence-corrected chi connectivity index (χ3v) is 4.14. The average Bonchev–Trinajstić information content (AvgIpc) is 2.42. The topological polar surface area (TPSA) is 12.0 Å². The van der Waals surface area contributed by atoms with Gasteiger partial charge in [0.05, 0.1) is 11.6 Å². The van der Waals surface area contributed by atoms with Crippen LogP contribution in [0, 0.1) is 6.92 Å². The highest BCUT2D eigenvalue weighted by atomic mass is 79.9. The Morgan fingerprint density at radius 2 is 1.71 bits per heavy atom. The second-order valence-electron chi connectivity index (χ2n) is 4.81. The molecule has 0 bridgehead atoms. The summed E-state index contributed by atoms with van der Waals surface area (Å²) >= 11 is 3.35. The van der Waals surface area contributed by atoms with Gasteiger partial charge < -0.3 is 5.32 Å². The van der Waals surface area contributed by atoms with Crippen LogP contribution < -0.4 is 5.32 Å². The number of hydrogen-bond acceptors (Lipinski definition) is 1. The van der Waals surface area contributed by atoms with E-state index in [1.54, 1.807) is 7.05 Å². The molecule has 1 N–H and O–H groups in total. The van der Waals surface area contributed by atoms with Crippen molar-refractivity contribution in [1.29, 1.82) is 0 Å². The molecule has 112 valence electrons. The molecular formula is C16H15BrF3N. The average molecular weight is 358 g/mol. The van der Waals surface area contributed by atoms with Gasteiger partial charge in [-0.05, 0) is 48.9 Å². The van der Waals surface area contributed by atoms with Gasteiger partial charge in [-0.15, -0.1) is 0 Å². The van der Waals surface area contributed by atoms with Crippen LogP contribution >= 0.6 is 15.9 Å². The molecule has 21 heavy (non-hydrogen) atoms. The summed E-state index contributed by atoms with van der Waals surface area (Å²) in [6.07, 6.45) is -4.35. The first-order valence-corrected chi connectivity index (χ1v) is 7.23. The van der Waals surface area contributed by atoms with Gasteiger partial charge in [0.2, 0.25) is 0 Å². The van der Waals surface area contributed by atoms with E-state index in [0.717, 1.165) is 17.2 Å². The Morgan fingerprint density at radius 3 is 2.29 bits per heavy atom. The summed E-state index contributed by atoms with van der Waals surface area (Å²) in [4.78, 5) is 0. The summed E-state index contributed by atoms with van der Waals surface area (Å²) in [6.45, 7) is 1.95. The first-order valence-electron chi connectivity index (χ1n) is 6.44. The zero-order valence-corrected chi connectivity index (χ0v) is 13.2. The Labute approximate surface area is 130 Å². The number of nitrogens with one attached hydrogen (secondary N) is 1. The standard InChI is InChI=1S/C16H15BrF3N/c1-10-5-3-4-6-12(10)15(21-2)13-9-11(16(18,19)20)7-8-14(13)17/h3-9,15,21H,1-2H3. The predicted octanol–water partition coefficient (Wildman–Crippen LogP) is 5.09. The van der Waals surface area contributed by atoms with Crippen LogP contribution in [0.2, 0.25) is 0 Å². The van der Waals surface area contributed by atoms with E-state index >= 15 is 0 Å². The van der Waals surface area contributed by atoms with E-state index in [2.05, 4.69) is 21.2 Å². The highest BCUT2D eigenvalue weighted by Gasteiger charge is 2.31. The number of alkyl halides is 3. The lowest BCUT2D eigenvalue weighted by molar-refractivity contribution is -0.137. The zero-order valence-electron chi connectivity index (χ0n) is 11.6. The molecule has 0 saturated carbocycles. The normalized spacial score (nSPS) is 13.2. The molecule has 1 nitrogen and oxygen atoms in total. The first-order chi connectivity index (χ1) is 9.84. The summed E-state index contributed by atoms with van der Waals surface area (Å²) < 4.78 is 39.4. The summed E-state index contributed by atoms with van der Waals surface area (Å²) in [5.41, 5.74) is 1.91. The molecule has 0 aromatic heterocycles. The molecule has 0 radical (unpaired) electrons. The molecule has 0 aliphatic heterocycles. The Bertz CT molecular complexity index is 638. The minimum absolute atomic E-state index is 0.303. The van der Waals surface area contributed by atoms with Gasteiger partial charge in [-0.1, -0.05) is 40.2 Å². The molecule has 0 amide bonds. The Kier molecular flexibility index (Phi) is 4.74. The maximum absolute atomic E-state index is 12.9. The highest BCUT2D eigenvalue weighted by Crippen LogP contribution is 2.36. The summed E-state index contributed by atoms with van der Waals surface area (Å²) in [6, 6.07) is 11.1. The third-order valence-electron chi connectivity index (χ3n) is 3.42. The number of hydrogen-bond donors (Lipinski definition) is 1. The van der Waals surface area contributed by atoms with Gasteiger partial charge in [-0.3, -0.25) is 0 Å². The second kappa shape index (κ2) is 6.20. The molecule has 2 aromatic carbocycles. The van der Waals surface area contributed by atoms with Gasteiger partial charge in [-0.25, -0.2) is 0 Å². The van der Waals surface area contributed by atoms with Crippen molar-refractivity contribution in [2.75, 3.05) is 7.05 Å². The van der Waals surface area contributed by atoms with E-state index < -0.39 is 11.7 Å². The highest BCUT2D eigenvalue weighted by molar-refractivity contribution is 9.10. The van der Waals surface area contributed by atoms with E-state index in [1.165, 1.54) is 12.1 Å². The van der Waals surface area contributed by atoms with Crippen molar-refractivity contribution >= 4 is 15.9 Å². The van der Waals surface area contributed by atoms with Crippen molar-refractivity contribution in [2.24, 2.45) is 0 Å². The van der Waals surface area contributed by atoms with E-state index in [0.29, 0.717) is 10.0 Å². The molecule has 2 rings (SSSR count). The van der Waals surface area contributed by atoms with Crippen LogP contribution in [0.1, 0.15) is 28.3 Å². The molecule has 1 unspecified atom stereocenters. The van der Waals surface area contributed by atoms with E-state index in [1.807, 2.05) is 31.2 Å². The number of benzene rings is 2. The fourth-order valence-electron chi connectivity index (χ4n) is 2.33. The fraction of sp³-hybridized carbons (Fsp3) is 0.250. The van der Waals surface area contributed by atoms with Crippen LogP contribution in [-0.4, -0.2) is 7.05 Å². The maximum atomic E-state index is 12.9. The van der Waals surface area contributed by atoms with Crippen LogP contribution in [0.15, 0.2) is 46.9 Å². The lowest BCUT2D eigenvalue weighted by atomic mass is 9.94. The lowest BCUT2D eigenvalue weighted by Gasteiger charge is -2.22. The minimum Gasteiger partial charge on any atom is -0.309 e. The van der Waals surface area contributed by atoms with Crippen molar-refractivity contribution in [3.8, 4) is 0 Å². The van der Waals surface area contributed by atoms with Gasteiger partial charge in [0, 0.05) is 4.47 Å². The van der Waals surface area contributed by atoms with Gasteiger partial charge in [0.1, 0.15) is 0 Å². The largest absolute Gasteiger partial charge is 0.416 e. The van der Waals surface area contributed by atoms with E-state index in [4.69, 9.17) is 0 Å². The molecule has 2 aromatic rings. The summed E-state index contributed by atoms with van der Waals surface area (Å²) in [7, 11) is 1.74. The quantitative estimate of drug-likeness (QED) is 0.806. The molecular weight excluding hydrogens is 343 g/mol. The predicted molar refractivity (Wildman–Crippen MR) is 81.2 cm³/mol. The molecule has 5 heteroatoms. The lowest BCUT2D eigenvalue weighted by Crippen LogP contribution is -2.20. The van der Waals surface area contributed by atoms with Gasteiger partial charge in [0.25, 0.3) is 0 Å². The Balaban J connectivity index is 2.55. The molecule has 0 spiro atoms. The van der Waals surface area contributed by atoms with Crippen LogP contribution in [0.3, 0.4) is 0 Å². The van der Waals surface area contributed by atoms with Crippen LogP contribution in [0.5, 0.6) is 0 Å². The monoisotopic (exact) mass is 357 g/mol. The van der Waals surface area contributed by atoms with Gasteiger partial charge in [-0.2, -0.15) is 13.2 Å². The minimum atomic E-state index is -4.35. The van der Waals surface area contributed by atoms with Crippen molar-refractivity contribution in [1.82, 2.24) is 5.32 Å². The van der Waals surface area contributed by atoms with Crippen LogP contribution in [-0.2, 0) is 6.18 Å². The van der Waals surface area contributed by atoms with Crippen LogP contribution in [0.25, 0.3) is 0 Å². The molecule has 0 aliphatic carbocycles. The second-order valence-corrected chi connectivity index (χ2v) is 5.67. The Hall–Kier alpha value is -1.33. The molecule has 0 fully saturated rings. The molecule has 1 atom stereocenters. The van der Waals surface area contributed by atoms with Crippen molar-refractivity contribution in [3.05, 3.63) is 69.2 Å². The number of rotatable bonds is 3. The summed E-state index contributed by atoms with van der Waals surface area (Å²) in [5.74, 6) is 0. The van der Waals surface area contributed by atoms with E-state index in [-0.39, 0.29) is 6.04 Å². The number of halogens is 4. The molecule has 0 aliphatic rings. The van der Waals surface area contributed by atoms with Gasteiger partial charge >= 0.3 is 6.18 Å². The van der Waals surface area contributed by atoms with Gasteiger partial charge in [0.15, 0.2) is 0 Å². The van der Waals surface area contributed by atoms with Crippen molar-refractivity contribution < 1.29 is 13.2 Å². The van der Waals surface area contributed by atoms with E-state index in [9.17, 15) is 13.2 Å². The molecule has 0 heterocycles. The fourth-order valence-corrected chi connectivity index (χ4v) is 2.81. The molecule has 0 saturated heterocycles. The Morgan fingerprint density at radius 1 is 1.05 bits per heavy atom. The van der Waals surface area contributed by atoms with Crippen molar-refractivity contribution in [3.63, 3.8) is 0 Å². The third kappa shape index (κ3) is 3.47. The maximum Gasteiger partial charge on any atom is 0.416 e. The van der Waals surface area contributed by atoms with Crippen LogP contribution in [0.4, 0.5) is 13.2 Å². The zero-order chi connectivity index (χ0) is 15.6. The SMILES string of the molecule is CNC(c1ccccc1C)c1cc(C(F)(F)F)ccc1Br. The smallest absolute Gasteiger partial charge is 0.309 e.